The van der Waals surface area contributed by atoms with Crippen molar-refractivity contribution in [2.24, 2.45) is 0 Å². The molecule has 0 radical (unpaired) electrons. The van der Waals surface area contributed by atoms with Crippen LogP contribution in [0.1, 0.15) is 53.2 Å². The van der Waals surface area contributed by atoms with Crippen molar-refractivity contribution in [1.82, 2.24) is 30.1 Å². The summed E-state index contributed by atoms with van der Waals surface area (Å²) >= 11 is 0. The maximum absolute atomic E-state index is 4.08. The zero-order valence-corrected chi connectivity index (χ0v) is 13.0. The average molecular weight is 274 g/mol. The van der Waals surface area contributed by atoms with Gasteiger partial charge in [-0.1, -0.05) is 41.5 Å². The van der Waals surface area contributed by atoms with E-state index in [1.165, 1.54) is 12.7 Å². The lowest BCUT2D eigenvalue weighted by atomic mass is 9.96. The fraction of sp³-hybridized carbons (Fsp3) is 0.571. The van der Waals surface area contributed by atoms with Gasteiger partial charge in [0.05, 0.1) is 6.20 Å². The Morgan fingerprint density at radius 2 is 1.25 bits per heavy atom. The van der Waals surface area contributed by atoms with Crippen LogP contribution in [-0.2, 0) is 10.8 Å². The molecule has 0 spiro atoms. The molecular formula is C14H22N6. The van der Waals surface area contributed by atoms with E-state index >= 15 is 0 Å². The number of hydrogen-bond donors (Lipinski definition) is 0. The number of rotatable bonds is 0. The molecule has 0 N–H and O–H groups in total. The van der Waals surface area contributed by atoms with Crippen molar-refractivity contribution in [2.75, 3.05) is 0 Å². The van der Waals surface area contributed by atoms with Crippen molar-refractivity contribution < 1.29 is 0 Å². The third kappa shape index (κ3) is 5.34. The minimum Gasteiger partial charge on any atom is -0.237 e. The van der Waals surface area contributed by atoms with E-state index in [1.54, 1.807) is 12.4 Å². The van der Waals surface area contributed by atoms with Gasteiger partial charge in [0.25, 0.3) is 0 Å². The molecule has 0 aliphatic carbocycles. The maximum Gasteiger partial charge on any atom is 0.156 e. The third-order valence-corrected chi connectivity index (χ3v) is 2.32. The van der Waals surface area contributed by atoms with Crippen molar-refractivity contribution in [2.45, 2.75) is 52.4 Å². The van der Waals surface area contributed by atoms with Gasteiger partial charge in [-0.3, -0.25) is 0 Å². The van der Waals surface area contributed by atoms with E-state index in [0.29, 0.717) is 0 Å². The summed E-state index contributed by atoms with van der Waals surface area (Å²) in [7, 11) is 0. The summed E-state index contributed by atoms with van der Waals surface area (Å²) in [6.07, 6.45) is 6.28. The number of hydrogen-bond acceptors (Lipinski definition) is 6. The van der Waals surface area contributed by atoms with E-state index in [2.05, 4.69) is 71.7 Å². The largest absolute Gasteiger partial charge is 0.237 e. The molecular weight excluding hydrogens is 252 g/mol. The molecule has 0 bridgehead atoms. The Morgan fingerprint density at radius 1 is 0.700 bits per heavy atom. The summed E-state index contributed by atoms with van der Waals surface area (Å²) < 4.78 is 0. The van der Waals surface area contributed by atoms with Crippen LogP contribution < -0.4 is 0 Å². The smallest absolute Gasteiger partial charge is 0.156 e. The second-order valence-corrected chi connectivity index (χ2v) is 6.43. The number of aromatic nitrogens is 6. The zero-order chi connectivity index (χ0) is 15.2. The lowest BCUT2D eigenvalue weighted by Crippen LogP contribution is -2.15. The van der Waals surface area contributed by atoms with E-state index in [0.717, 1.165) is 11.6 Å². The van der Waals surface area contributed by atoms with Crippen LogP contribution in [0.5, 0.6) is 0 Å². The van der Waals surface area contributed by atoms with Gasteiger partial charge >= 0.3 is 0 Å². The van der Waals surface area contributed by atoms with Gasteiger partial charge in [-0.05, 0) is 0 Å². The summed E-state index contributed by atoms with van der Waals surface area (Å²) in [4.78, 5) is 15.9. The van der Waals surface area contributed by atoms with Crippen molar-refractivity contribution in [3.05, 3.63) is 36.7 Å². The molecule has 0 aliphatic heterocycles. The first kappa shape index (κ1) is 16.1. The Labute approximate surface area is 120 Å². The Bertz CT molecular complexity index is 449. The monoisotopic (exact) mass is 274 g/mol. The molecule has 0 amide bonds. The summed E-state index contributed by atoms with van der Waals surface area (Å²) in [5.41, 5.74) is 0.0389. The molecule has 6 nitrogen and oxygen atoms in total. The lowest BCUT2D eigenvalue weighted by Gasteiger charge is -2.14. The lowest BCUT2D eigenvalue weighted by molar-refractivity contribution is 0.533. The molecule has 0 unspecified atom stereocenters. The molecule has 2 heterocycles. The molecule has 20 heavy (non-hydrogen) atoms. The van der Waals surface area contributed by atoms with Crippen LogP contribution in [0.25, 0.3) is 0 Å². The molecule has 0 saturated carbocycles. The maximum atomic E-state index is 4.08. The average Bonchev–Trinajstić information content (AvgIpc) is 2.40. The van der Waals surface area contributed by atoms with Crippen LogP contribution in [0.2, 0.25) is 0 Å². The van der Waals surface area contributed by atoms with Crippen LogP contribution in [0.15, 0.2) is 25.0 Å². The Hall–Kier alpha value is -1.98. The highest BCUT2D eigenvalue weighted by Gasteiger charge is 2.16. The normalized spacial score (nSPS) is 11.5. The predicted molar refractivity (Wildman–Crippen MR) is 77.1 cm³/mol. The van der Waals surface area contributed by atoms with Gasteiger partial charge < -0.3 is 0 Å². The Morgan fingerprint density at radius 3 is 1.55 bits per heavy atom. The molecule has 2 rings (SSSR count). The van der Waals surface area contributed by atoms with Crippen LogP contribution in [-0.4, -0.2) is 30.1 Å². The van der Waals surface area contributed by atoms with Gasteiger partial charge in [0.15, 0.2) is 5.82 Å². The van der Waals surface area contributed by atoms with E-state index in [4.69, 9.17) is 0 Å². The van der Waals surface area contributed by atoms with Crippen LogP contribution in [0.4, 0.5) is 0 Å². The highest BCUT2D eigenvalue weighted by Crippen LogP contribution is 2.16. The van der Waals surface area contributed by atoms with Gasteiger partial charge in [0, 0.05) is 17.0 Å². The minimum absolute atomic E-state index is 0.00819. The van der Waals surface area contributed by atoms with E-state index < -0.39 is 0 Å². The second kappa shape index (κ2) is 6.45. The van der Waals surface area contributed by atoms with Crippen molar-refractivity contribution >= 4 is 0 Å². The third-order valence-electron chi connectivity index (χ3n) is 2.32. The molecule has 0 atom stereocenters. The van der Waals surface area contributed by atoms with E-state index in [-0.39, 0.29) is 10.8 Å². The molecule has 0 aliphatic rings. The molecule has 2 aromatic heterocycles. The van der Waals surface area contributed by atoms with Crippen LogP contribution in [0, 0.1) is 0 Å². The first-order valence-electron chi connectivity index (χ1n) is 6.48. The first-order valence-corrected chi connectivity index (χ1v) is 6.48. The van der Waals surface area contributed by atoms with Gasteiger partial charge in [-0.25, -0.2) is 19.9 Å². The molecule has 0 fully saturated rings. The standard InChI is InChI=1S/2C7H11N3/c1-7(2,3)6-9-4-8-5-10-6;1-7(2,3)6-8-4-5-9-10-6/h2*4-5H,1-3H3. The number of nitrogens with zero attached hydrogens (tertiary/aromatic N) is 6. The van der Waals surface area contributed by atoms with Crippen molar-refractivity contribution in [3.63, 3.8) is 0 Å². The van der Waals surface area contributed by atoms with Gasteiger partial charge in [0.2, 0.25) is 0 Å². The first-order chi connectivity index (χ1) is 9.21. The van der Waals surface area contributed by atoms with Crippen molar-refractivity contribution in [3.8, 4) is 0 Å². The molecule has 0 saturated heterocycles. The summed E-state index contributed by atoms with van der Waals surface area (Å²) in [5.74, 6) is 1.62. The van der Waals surface area contributed by atoms with Gasteiger partial charge in [0.1, 0.15) is 18.5 Å². The minimum atomic E-state index is 0.00819. The summed E-state index contributed by atoms with van der Waals surface area (Å²) in [5, 5.41) is 7.63. The fourth-order valence-electron chi connectivity index (χ4n) is 1.22. The molecule has 108 valence electrons. The molecule has 2 aromatic rings. The Balaban J connectivity index is 0.000000200. The van der Waals surface area contributed by atoms with E-state index in [9.17, 15) is 0 Å². The predicted octanol–water partition coefficient (Wildman–Crippen LogP) is 2.34. The van der Waals surface area contributed by atoms with Crippen molar-refractivity contribution in [1.29, 1.82) is 0 Å². The van der Waals surface area contributed by atoms with Gasteiger partial charge in [-0.15, -0.1) is 5.10 Å². The summed E-state index contributed by atoms with van der Waals surface area (Å²) in [6, 6.07) is 0. The SMILES string of the molecule is CC(C)(C)c1nccnn1.CC(C)(C)c1ncncn1. The highest BCUT2D eigenvalue weighted by atomic mass is 15.1. The Kier molecular flexibility index (Phi) is 5.19. The highest BCUT2D eigenvalue weighted by molar-refractivity contribution is 4.98. The zero-order valence-electron chi connectivity index (χ0n) is 13.0. The van der Waals surface area contributed by atoms with Crippen LogP contribution >= 0.6 is 0 Å². The van der Waals surface area contributed by atoms with Gasteiger partial charge in [-0.2, -0.15) is 5.10 Å². The van der Waals surface area contributed by atoms with E-state index in [1.807, 2.05) is 0 Å². The van der Waals surface area contributed by atoms with Crippen LogP contribution in [0.3, 0.4) is 0 Å². The quantitative estimate of drug-likeness (QED) is 0.733. The molecule has 6 heteroatoms. The fourth-order valence-corrected chi connectivity index (χ4v) is 1.22. The summed E-state index contributed by atoms with van der Waals surface area (Å²) in [6.45, 7) is 12.4. The second-order valence-electron chi connectivity index (χ2n) is 6.43. The molecule has 0 aromatic carbocycles. The topological polar surface area (TPSA) is 77.3 Å².